The second-order valence-electron chi connectivity index (χ2n) is 5.27. The molecule has 2 aromatic rings. The van der Waals surface area contributed by atoms with E-state index in [-0.39, 0.29) is 19.9 Å². The summed E-state index contributed by atoms with van der Waals surface area (Å²) in [5.41, 5.74) is 1.58. The van der Waals surface area contributed by atoms with Gasteiger partial charge in [0.2, 0.25) is 0 Å². The first-order chi connectivity index (χ1) is 13.7. The summed E-state index contributed by atoms with van der Waals surface area (Å²) in [5.74, 6) is 8.29. The van der Waals surface area contributed by atoms with Crippen LogP contribution in [0.5, 0.6) is 11.5 Å². The number of aliphatic hydroxyl groups is 1. The third kappa shape index (κ3) is 7.19. The van der Waals surface area contributed by atoms with Gasteiger partial charge >= 0.3 is 0 Å². The Bertz CT molecular complexity index is 688. The van der Waals surface area contributed by atoms with Crippen LogP contribution in [0.3, 0.4) is 0 Å². The summed E-state index contributed by atoms with van der Waals surface area (Å²) in [6.07, 6.45) is 0. The molecule has 0 saturated carbocycles. The minimum Gasteiger partial charge on any atom is -0.497 e. The van der Waals surface area contributed by atoms with Crippen molar-refractivity contribution in [2.24, 2.45) is 10.8 Å². The lowest BCUT2D eigenvalue weighted by Crippen LogP contribution is -2.38. The van der Waals surface area contributed by atoms with E-state index >= 15 is 0 Å². The highest BCUT2D eigenvalue weighted by molar-refractivity contribution is 6.09. The van der Waals surface area contributed by atoms with E-state index in [2.05, 4.69) is 4.99 Å². The molecule has 0 fully saturated rings. The highest BCUT2D eigenvalue weighted by atomic mass is 16.5. The Balaban J connectivity index is 0.00000190. The summed E-state index contributed by atoms with van der Waals surface area (Å²) in [6, 6.07) is 14.7. The van der Waals surface area contributed by atoms with Crippen molar-refractivity contribution < 1.29 is 19.3 Å². The Morgan fingerprint density at radius 1 is 1.04 bits per heavy atom. The molecule has 28 heavy (non-hydrogen) atoms. The fraction of sp³-hybridized carbons (Fsp3) is 0.381. The van der Waals surface area contributed by atoms with Gasteiger partial charge < -0.3 is 19.3 Å². The molecular weight excluding hydrogens is 358 g/mol. The molecule has 154 valence electrons. The van der Waals surface area contributed by atoms with E-state index in [1.807, 2.05) is 69.3 Å². The molecule has 2 rings (SSSR count). The average Bonchev–Trinajstić information content (AvgIpc) is 2.77. The largest absolute Gasteiger partial charge is 0.497 e. The number of methoxy groups -OCH3 is 1. The molecule has 0 aliphatic carbocycles. The second kappa shape index (κ2) is 13.5. The van der Waals surface area contributed by atoms with E-state index in [0.29, 0.717) is 18.2 Å². The lowest BCUT2D eigenvalue weighted by atomic mass is 10.1. The molecule has 2 aromatic carbocycles. The van der Waals surface area contributed by atoms with Gasteiger partial charge in [0.25, 0.3) is 0 Å². The minimum absolute atomic E-state index is 0.0309. The van der Waals surface area contributed by atoms with E-state index < -0.39 is 0 Å². The zero-order valence-electron chi connectivity index (χ0n) is 17.1. The Morgan fingerprint density at radius 2 is 1.64 bits per heavy atom. The Hall–Kier alpha value is -2.61. The number of aliphatic imine (C=N–C) groups is 1. The summed E-state index contributed by atoms with van der Waals surface area (Å²) in [7, 11) is 1.62. The highest BCUT2D eigenvalue weighted by Gasteiger charge is 2.13. The molecule has 0 radical (unpaired) electrons. The molecule has 0 aliphatic rings. The summed E-state index contributed by atoms with van der Waals surface area (Å²) in [5, 5.41) is 10.3. The number of nitrogens with two attached hydrogens (primary N) is 1. The predicted octanol–water partition coefficient (Wildman–Crippen LogP) is 3.21. The van der Waals surface area contributed by atoms with Crippen LogP contribution in [-0.2, 0) is 4.74 Å². The molecule has 7 heteroatoms. The van der Waals surface area contributed by atoms with Crippen molar-refractivity contribution in [1.29, 1.82) is 0 Å². The minimum atomic E-state index is -0.0309. The van der Waals surface area contributed by atoms with Gasteiger partial charge in [0.1, 0.15) is 24.8 Å². The van der Waals surface area contributed by atoms with Gasteiger partial charge in [-0.15, -0.1) is 0 Å². The van der Waals surface area contributed by atoms with Crippen LogP contribution in [0, 0.1) is 0 Å². The van der Waals surface area contributed by atoms with Gasteiger partial charge in [-0.1, -0.05) is 13.8 Å². The smallest absolute Gasteiger partial charge is 0.152 e. The van der Waals surface area contributed by atoms with Gasteiger partial charge in [0.05, 0.1) is 19.4 Å². The molecule has 0 aliphatic heterocycles. The van der Waals surface area contributed by atoms with Crippen LogP contribution in [0.2, 0.25) is 0 Å². The quantitative estimate of drug-likeness (QED) is 0.225. The molecule has 0 aromatic heterocycles. The van der Waals surface area contributed by atoms with Gasteiger partial charge in [-0.25, -0.2) is 10.8 Å². The molecule has 0 heterocycles. The maximum absolute atomic E-state index is 8.84. The normalized spacial score (nSPS) is 10.7. The van der Waals surface area contributed by atoms with Crippen LogP contribution < -0.4 is 20.3 Å². The third-order valence-electron chi connectivity index (χ3n) is 3.56. The lowest BCUT2D eigenvalue weighted by Gasteiger charge is -2.21. The van der Waals surface area contributed by atoms with Crippen LogP contribution in [-0.4, -0.2) is 44.6 Å². The van der Waals surface area contributed by atoms with Crippen LogP contribution in [0.15, 0.2) is 53.5 Å². The van der Waals surface area contributed by atoms with Gasteiger partial charge in [0.15, 0.2) is 5.84 Å². The monoisotopic (exact) mass is 389 g/mol. The van der Waals surface area contributed by atoms with Gasteiger partial charge in [-0.2, -0.15) is 0 Å². The molecule has 0 atom stereocenters. The maximum atomic E-state index is 8.84. The van der Waals surface area contributed by atoms with E-state index in [1.54, 1.807) is 7.11 Å². The van der Waals surface area contributed by atoms with Crippen molar-refractivity contribution in [3.63, 3.8) is 0 Å². The average molecular weight is 389 g/mol. The number of nitrogens with zero attached hydrogens (tertiary/aromatic N) is 2. The van der Waals surface area contributed by atoms with Gasteiger partial charge in [-0.05, 0) is 55.5 Å². The molecule has 0 bridgehead atoms. The van der Waals surface area contributed by atoms with E-state index in [9.17, 15) is 0 Å². The van der Waals surface area contributed by atoms with Crippen molar-refractivity contribution in [2.45, 2.75) is 20.8 Å². The summed E-state index contributed by atoms with van der Waals surface area (Å²) in [4.78, 5) is 4.48. The van der Waals surface area contributed by atoms with Crippen LogP contribution in [0.4, 0.5) is 5.69 Å². The Morgan fingerprint density at radius 3 is 2.18 bits per heavy atom. The number of ether oxygens (including phenoxy) is 3. The van der Waals surface area contributed by atoms with Crippen molar-refractivity contribution in [1.82, 2.24) is 0 Å². The molecule has 7 nitrogen and oxygen atoms in total. The molecule has 0 amide bonds. The number of anilines is 1. The molecule has 0 saturated heterocycles. The van der Waals surface area contributed by atoms with Crippen molar-refractivity contribution >= 4 is 11.5 Å². The topological polar surface area (TPSA) is 89.5 Å². The summed E-state index contributed by atoms with van der Waals surface area (Å²) >= 11 is 0. The molecule has 0 unspecified atom stereocenters. The van der Waals surface area contributed by atoms with Crippen LogP contribution >= 0.6 is 0 Å². The number of hydrogen-bond donors (Lipinski definition) is 2. The standard InChI is InChI=1S/C19H25N3O4.C2H6/c1-3-25-14-21-19(15-4-8-18(9-5-15)26-13-12-23)22(20)16-6-10-17(24-2)11-7-16;1-2/h4-11,23H,3,12-14,20H2,1-2H3;1-2H3/b21-19-;. The van der Waals surface area contributed by atoms with Crippen LogP contribution in [0.25, 0.3) is 0 Å². The van der Waals surface area contributed by atoms with Crippen molar-refractivity contribution in [2.75, 3.05) is 38.7 Å². The van der Waals surface area contributed by atoms with E-state index in [4.69, 9.17) is 25.2 Å². The molecular formula is C21H31N3O4. The summed E-state index contributed by atoms with van der Waals surface area (Å²) < 4.78 is 15.9. The SMILES string of the molecule is CC.CCOC/N=C(/c1ccc(OCCO)cc1)N(N)c1ccc(OC)cc1. The fourth-order valence-electron chi connectivity index (χ4n) is 2.23. The van der Waals surface area contributed by atoms with Crippen LogP contribution in [0.1, 0.15) is 26.3 Å². The molecule has 3 N–H and O–H groups in total. The highest BCUT2D eigenvalue weighted by Crippen LogP contribution is 2.20. The zero-order chi connectivity index (χ0) is 20.8. The Kier molecular flexibility index (Phi) is 11.3. The number of aliphatic hydroxyl groups excluding tert-OH is 1. The number of benzene rings is 2. The number of amidine groups is 1. The number of hydrogen-bond acceptors (Lipinski definition) is 6. The fourth-order valence-corrected chi connectivity index (χ4v) is 2.23. The van der Waals surface area contributed by atoms with E-state index in [1.165, 1.54) is 5.01 Å². The number of rotatable bonds is 9. The summed E-state index contributed by atoms with van der Waals surface area (Å²) in [6.45, 7) is 6.90. The Labute approximate surface area is 167 Å². The van der Waals surface area contributed by atoms with Crippen molar-refractivity contribution in [3.05, 3.63) is 54.1 Å². The first-order valence-electron chi connectivity index (χ1n) is 9.34. The second-order valence-corrected chi connectivity index (χ2v) is 5.27. The van der Waals surface area contributed by atoms with Crippen molar-refractivity contribution in [3.8, 4) is 11.5 Å². The lowest BCUT2D eigenvalue weighted by molar-refractivity contribution is 0.156. The predicted molar refractivity (Wildman–Crippen MR) is 113 cm³/mol. The van der Waals surface area contributed by atoms with Gasteiger partial charge in [-0.3, -0.25) is 5.01 Å². The first kappa shape index (κ1) is 23.4. The zero-order valence-corrected chi connectivity index (χ0v) is 17.1. The third-order valence-corrected chi connectivity index (χ3v) is 3.56. The first-order valence-corrected chi connectivity index (χ1v) is 9.34. The van der Waals surface area contributed by atoms with Gasteiger partial charge in [0, 0.05) is 12.2 Å². The number of hydrazine groups is 1. The molecule has 0 spiro atoms. The maximum Gasteiger partial charge on any atom is 0.152 e. The van der Waals surface area contributed by atoms with E-state index in [0.717, 1.165) is 17.0 Å².